The van der Waals surface area contributed by atoms with E-state index in [0.717, 1.165) is 4.47 Å². The molecule has 1 aromatic carbocycles. The molecule has 0 bridgehead atoms. The zero-order chi connectivity index (χ0) is 20.0. The number of rotatable bonds is 8. The molecule has 2 aromatic rings. The lowest BCUT2D eigenvalue weighted by Gasteiger charge is -2.08. The summed E-state index contributed by atoms with van der Waals surface area (Å²) in [5, 5.41) is 0. The van der Waals surface area contributed by atoms with Crippen LogP contribution in [0.3, 0.4) is 0 Å². The number of hydrogen-bond donors (Lipinski definition) is 1. The molecule has 0 saturated heterocycles. The summed E-state index contributed by atoms with van der Waals surface area (Å²) in [6, 6.07) is 6.99. The standard InChI is InChI=1S/C19H20BrNO6/c1-4-25-19(24)18-12(3)21-11(2)17(18)15(22)9-27-16(23)10-26-14-7-5-6-13(20)8-14/h5-8,21H,4,9-10H2,1-3H3. The van der Waals surface area contributed by atoms with Crippen LogP contribution in [0.15, 0.2) is 28.7 Å². The number of Topliss-reactive ketones (excluding diaryl/α,β-unsaturated/α-hetero) is 1. The van der Waals surface area contributed by atoms with Gasteiger partial charge in [0.1, 0.15) is 5.75 Å². The Hall–Kier alpha value is -2.61. The van der Waals surface area contributed by atoms with Crippen LogP contribution in [0.1, 0.15) is 39.0 Å². The Kier molecular flexibility index (Phi) is 7.18. The van der Waals surface area contributed by atoms with Gasteiger partial charge in [-0.2, -0.15) is 0 Å². The van der Waals surface area contributed by atoms with Gasteiger partial charge in [0, 0.05) is 15.9 Å². The van der Waals surface area contributed by atoms with Crippen LogP contribution in [0.5, 0.6) is 5.75 Å². The maximum absolute atomic E-state index is 12.5. The quantitative estimate of drug-likeness (QED) is 0.502. The summed E-state index contributed by atoms with van der Waals surface area (Å²) in [5.74, 6) is -1.28. The SMILES string of the molecule is CCOC(=O)c1c(C)[nH]c(C)c1C(=O)COC(=O)COc1cccc(Br)c1. The summed E-state index contributed by atoms with van der Waals surface area (Å²) in [6.45, 7) is 4.39. The first-order valence-electron chi connectivity index (χ1n) is 8.27. The zero-order valence-corrected chi connectivity index (χ0v) is 16.8. The number of benzene rings is 1. The third-order valence-electron chi connectivity index (χ3n) is 3.65. The number of carbonyl (C=O) groups is 3. The van der Waals surface area contributed by atoms with Crippen LogP contribution < -0.4 is 4.74 Å². The van der Waals surface area contributed by atoms with Crippen molar-refractivity contribution in [1.82, 2.24) is 4.98 Å². The smallest absolute Gasteiger partial charge is 0.344 e. The molecule has 1 aromatic heterocycles. The summed E-state index contributed by atoms with van der Waals surface area (Å²) in [7, 11) is 0. The monoisotopic (exact) mass is 437 g/mol. The van der Waals surface area contributed by atoms with E-state index in [1.807, 2.05) is 6.07 Å². The van der Waals surface area contributed by atoms with Crippen LogP contribution >= 0.6 is 15.9 Å². The predicted molar refractivity (Wildman–Crippen MR) is 101 cm³/mol. The van der Waals surface area contributed by atoms with Crippen molar-refractivity contribution in [3.05, 3.63) is 51.3 Å². The van der Waals surface area contributed by atoms with Crippen LogP contribution in [-0.4, -0.2) is 42.5 Å². The number of hydrogen-bond acceptors (Lipinski definition) is 6. The van der Waals surface area contributed by atoms with Gasteiger partial charge in [0.05, 0.1) is 17.7 Å². The van der Waals surface area contributed by atoms with Gasteiger partial charge in [0.15, 0.2) is 13.2 Å². The van der Waals surface area contributed by atoms with Crippen molar-refractivity contribution < 1.29 is 28.6 Å². The van der Waals surface area contributed by atoms with E-state index < -0.39 is 24.3 Å². The minimum absolute atomic E-state index is 0.167. The molecule has 8 heteroatoms. The van der Waals surface area contributed by atoms with Crippen LogP contribution in [-0.2, 0) is 14.3 Å². The van der Waals surface area contributed by atoms with Gasteiger partial charge in [0.2, 0.25) is 5.78 Å². The average Bonchev–Trinajstić information content (AvgIpc) is 2.92. The summed E-state index contributed by atoms with van der Waals surface area (Å²) in [4.78, 5) is 39.4. The number of nitrogens with one attached hydrogen (secondary N) is 1. The average molecular weight is 438 g/mol. The molecular weight excluding hydrogens is 418 g/mol. The Bertz CT molecular complexity index is 858. The maximum atomic E-state index is 12.5. The minimum Gasteiger partial charge on any atom is -0.482 e. The minimum atomic E-state index is -0.689. The molecule has 144 valence electrons. The van der Waals surface area contributed by atoms with Gasteiger partial charge in [-0.15, -0.1) is 0 Å². The van der Waals surface area contributed by atoms with E-state index in [9.17, 15) is 14.4 Å². The number of aryl methyl sites for hydroxylation is 2. The van der Waals surface area contributed by atoms with Gasteiger partial charge in [-0.25, -0.2) is 9.59 Å². The van der Waals surface area contributed by atoms with Gasteiger partial charge in [-0.05, 0) is 39.0 Å². The summed E-state index contributed by atoms with van der Waals surface area (Å²) < 4.78 is 16.1. The number of H-pyrrole nitrogens is 1. The Morgan fingerprint density at radius 1 is 1.04 bits per heavy atom. The van der Waals surface area contributed by atoms with Crippen molar-refractivity contribution in [2.24, 2.45) is 0 Å². The number of ketones is 1. The topological polar surface area (TPSA) is 94.7 Å². The molecule has 0 spiro atoms. The third-order valence-corrected chi connectivity index (χ3v) is 4.14. The van der Waals surface area contributed by atoms with Gasteiger partial charge in [0.25, 0.3) is 0 Å². The Morgan fingerprint density at radius 3 is 2.41 bits per heavy atom. The molecule has 0 fully saturated rings. The first-order chi connectivity index (χ1) is 12.8. The lowest BCUT2D eigenvalue weighted by atomic mass is 10.1. The fourth-order valence-corrected chi connectivity index (χ4v) is 2.93. The number of carbonyl (C=O) groups excluding carboxylic acids is 3. The molecule has 0 radical (unpaired) electrons. The van der Waals surface area contributed by atoms with E-state index in [4.69, 9.17) is 14.2 Å². The highest BCUT2D eigenvalue weighted by atomic mass is 79.9. The van der Waals surface area contributed by atoms with E-state index in [2.05, 4.69) is 20.9 Å². The Labute approximate surface area is 165 Å². The third kappa shape index (κ3) is 5.43. The Balaban J connectivity index is 1.97. The predicted octanol–water partition coefficient (Wildman–Crippen LogP) is 3.38. The lowest BCUT2D eigenvalue weighted by molar-refractivity contribution is -0.144. The van der Waals surface area contributed by atoms with E-state index in [1.54, 1.807) is 39.0 Å². The molecule has 0 aliphatic heterocycles. The van der Waals surface area contributed by atoms with Gasteiger partial charge < -0.3 is 19.2 Å². The zero-order valence-electron chi connectivity index (χ0n) is 15.3. The molecule has 1 N–H and O–H groups in total. The number of ether oxygens (including phenoxy) is 3. The van der Waals surface area contributed by atoms with Crippen LogP contribution in [0.4, 0.5) is 0 Å². The molecule has 0 atom stereocenters. The normalized spacial score (nSPS) is 10.4. The van der Waals surface area contributed by atoms with Crippen LogP contribution in [0, 0.1) is 13.8 Å². The summed E-state index contributed by atoms with van der Waals surface area (Å²) in [6.07, 6.45) is 0. The molecule has 7 nitrogen and oxygen atoms in total. The van der Waals surface area contributed by atoms with E-state index in [0.29, 0.717) is 17.1 Å². The molecule has 0 amide bonds. The van der Waals surface area contributed by atoms with Crippen molar-refractivity contribution in [2.45, 2.75) is 20.8 Å². The van der Waals surface area contributed by atoms with E-state index >= 15 is 0 Å². The van der Waals surface area contributed by atoms with Crippen molar-refractivity contribution in [3.63, 3.8) is 0 Å². The second-order valence-corrected chi connectivity index (χ2v) is 6.59. The molecule has 2 rings (SSSR count). The van der Waals surface area contributed by atoms with Gasteiger partial charge in [-0.1, -0.05) is 22.0 Å². The molecule has 27 heavy (non-hydrogen) atoms. The fraction of sp³-hybridized carbons (Fsp3) is 0.316. The van der Waals surface area contributed by atoms with Crippen molar-refractivity contribution in [2.75, 3.05) is 19.8 Å². The summed E-state index contributed by atoms with van der Waals surface area (Å²) in [5.41, 5.74) is 1.38. The highest BCUT2D eigenvalue weighted by molar-refractivity contribution is 9.10. The number of aromatic nitrogens is 1. The van der Waals surface area contributed by atoms with Gasteiger partial charge >= 0.3 is 11.9 Å². The first-order valence-corrected chi connectivity index (χ1v) is 9.06. The lowest BCUT2D eigenvalue weighted by Crippen LogP contribution is -2.21. The largest absolute Gasteiger partial charge is 0.482 e. The van der Waals surface area contributed by atoms with Crippen molar-refractivity contribution >= 4 is 33.7 Å². The van der Waals surface area contributed by atoms with Gasteiger partial charge in [-0.3, -0.25) is 4.79 Å². The second-order valence-electron chi connectivity index (χ2n) is 5.68. The van der Waals surface area contributed by atoms with E-state index in [1.165, 1.54) is 0 Å². The summed E-state index contributed by atoms with van der Waals surface area (Å²) >= 11 is 3.30. The Morgan fingerprint density at radius 2 is 1.74 bits per heavy atom. The van der Waals surface area contributed by atoms with Crippen LogP contribution in [0.2, 0.25) is 0 Å². The molecular formula is C19H20BrNO6. The molecule has 0 saturated carbocycles. The molecule has 0 unspecified atom stereocenters. The first kappa shape index (κ1) is 20.7. The maximum Gasteiger partial charge on any atom is 0.344 e. The number of halogens is 1. The highest BCUT2D eigenvalue weighted by Crippen LogP contribution is 2.21. The molecule has 0 aliphatic rings. The van der Waals surface area contributed by atoms with Crippen molar-refractivity contribution in [1.29, 1.82) is 0 Å². The van der Waals surface area contributed by atoms with E-state index in [-0.39, 0.29) is 24.3 Å². The molecule has 0 aliphatic carbocycles. The number of esters is 2. The van der Waals surface area contributed by atoms with Crippen molar-refractivity contribution in [3.8, 4) is 5.75 Å². The second kappa shape index (κ2) is 9.36. The van der Waals surface area contributed by atoms with Crippen LogP contribution in [0.25, 0.3) is 0 Å². The fourth-order valence-electron chi connectivity index (χ4n) is 2.55. The number of aromatic amines is 1. The molecule has 1 heterocycles. The highest BCUT2D eigenvalue weighted by Gasteiger charge is 2.26.